The molecule has 0 aliphatic rings. The Morgan fingerprint density at radius 1 is 1.53 bits per heavy atom. The number of nitrogens with two attached hydrogens (primary N) is 2. The van der Waals surface area contributed by atoms with E-state index in [9.17, 15) is 4.79 Å². The maximum absolute atomic E-state index is 10.9. The Kier molecular flexibility index (Phi) is 7.02. The fourth-order valence-electron chi connectivity index (χ4n) is 1.07. The van der Waals surface area contributed by atoms with Gasteiger partial charge in [0.2, 0.25) is 5.91 Å². The first-order chi connectivity index (χ1) is 6.90. The molecule has 0 fully saturated rings. The fraction of sp³-hybridized carbons (Fsp3) is 0.909. The van der Waals surface area contributed by atoms with E-state index >= 15 is 0 Å². The number of rotatable bonds is 8. The summed E-state index contributed by atoms with van der Waals surface area (Å²) in [5.41, 5.74) is 10.1. The van der Waals surface area contributed by atoms with Gasteiger partial charge < -0.3 is 11.5 Å². The fourth-order valence-corrected chi connectivity index (χ4v) is 2.22. The van der Waals surface area contributed by atoms with Crippen LogP contribution in [-0.4, -0.2) is 23.0 Å². The van der Waals surface area contributed by atoms with Gasteiger partial charge in [-0.2, -0.15) is 11.8 Å². The van der Waals surface area contributed by atoms with Crippen molar-refractivity contribution in [3.8, 4) is 0 Å². The first-order valence-electron chi connectivity index (χ1n) is 5.56. The molecule has 0 bridgehead atoms. The van der Waals surface area contributed by atoms with E-state index in [-0.39, 0.29) is 0 Å². The molecule has 15 heavy (non-hydrogen) atoms. The Morgan fingerprint density at radius 3 is 2.60 bits per heavy atom. The number of primary amides is 1. The second-order valence-corrected chi connectivity index (χ2v) is 5.62. The number of amides is 1. The van der Waals surface area contributed by atoms with Gasteiger partial charge in [-0.1, -0.05) is 20.3 Å². The predicted octanol–water partition coefficient (Wildman–Crippen LogP) is 1.75. The van der Waals surface area contributed by atoms with Gasteiger partial charge in [0, 0.05) is 0 Å². The molecule has 3 nitrogen and oxygen atoms in total. The Hall–Kier alpha value is -0.220. The monoisotopic (exact) mass is 232 g/mol. The molecule has 0 aliphatic carbocycles. The Labute approximate surface area is 97.4 Å². The zero-order chi connectivity index (χ0) is 11.9. The quantitative estimate of drug-likeness (QED) is 0.626. The molecular weight excluding hydrogens is 208 g/mol. The molecule has 4 heteroatoms. The molecule has 0 saturated heterocycles. The number of thioether (sulfide) groups is 1. The molecule has 0 heterocycles. The summed E-state index contributed by atoms with van der Waals surface area (Å²) in [7, 11) is 0. The summed E-state index contributed by atoms with van der Waals surface area (Å²) in [6.07, 6.45) is 2.86. The lowest BCUT2D eigenvalue weighted by molar-refractivity contribution is -0.122. The highest BCUT2D eigenvalue weighted by Crippen LogP contribution is 2.15. The highest BCUT2D eigenvalue weighted by Gasteiger charge is 2.24. The first-order valence-corrected chi connectivity index (χ1v) is 6.72. The third kappa shape index (κ3) is 6.79. The average molecular weight is 232 g/mol. The maximum Gasteiger partial charge on any atom is 0.237 e. The van der Waals surface area contributed by atoms with Gasteiger partial charge in [0.15, 0.2) is 0 Å². The van der Waals surface area contributed by atoms with Crippen molar-refractivity contribution in [1.82, 2.24) is 0 Å². The molecule has 0 aliphatic heterocycles. The Bertz CT molecular complexity index is 195. The number of carbonyl (C=O) groups is 1. The molecule has 2 atom stereocenters. The molecule has 4 N–H and O–H groups in total. The molecule has 0 aromatic carbocycles. The highest BCUT2D eigenvalue weighted by atomic mass is 32.2. The topological polar surface area (TPSA) is 69.1 Å². The number of hydrogen-bond donors (Lipinski definition) is 2. The molecule has 2 unspecified atom stereocenters. The Morgan fingerprint density at radius 2 is 2.13 bits per heavy atom. The molecule has 0 aromatic heterocycles. The summed E-state index contributed by atoms with van der Waals surface area (Å²) >= 11 is 1.93. The molecule has 0 saturated carbocycles. The molecule has 0 rings (SSSR count). The zero-order valence-electron chi connectivity index (χ0n) is 10.1. The van der Waals surface area contributed by atoms with Crippen LogP contribution < -0.4 is 11.5 Å². The van der Waals surface area contributed by atoms with Gasteiger partial charge in [-0.15, -0.1) is 0 Å². The van der Waals surface area contributed by atoms with Crippen LogP contribution in [0.5, 0.6) is 0 Å². The van der Waals surface area contributed by atoms with Crippen molar-refractivity contribution in [3.63, 3.8) is 0 Å². The predicted molar refractivity (Wildman–Crippen MR) is 67.8 cm³/mol. The summed E-state index contributed by atoms with van der Waals surface area (Å²) in [6, 6.07) is 0. The third-order valence-corrected chi connectivity index (χ3v) is 4.03. The van der Waals surface area contributed by atoms with E-state index in [1.165, 1.54) is 12.2 Å². The van der Waals surface area contributed by atoms with Gasteiger partial charge in [0.05, 0.1) is 5.54 Å². The molecular formula is C11H24N2OS. The van der Waals surface area contributed by atoms with E-state index in [1.54, 1.807) is 6.92 Å². The summed E-state index contributed by atoms with van der Waals surface area (Å²) in [6.45, 7) is 6.16. The second-order valence-electron chi connectivity index (χ2n) is 4.47. The van der Waals surface area contributed by atoms with Gasteiger partial charge in [-0.3, -0.25) is 4.79 Å². The standard InChI is InChI=1S/C11H24N2OS/c1-4-9(2)8-15-7-5-6-11(3,13)10(12)14/h9H,4-8,13H2,1-3H3,(H2,12,14). The normalized spacial score (nSPS) is 17.1. The smallest absolute Gasteiger partial charge is 0.237 e. The van der Waals surface area contributed by atoms with Gasteiger partial charge in [-0.25, -0.2) is 0 Å². The third-order valence-electron chi connectivity index (χ3n) is 2.65. The zero-order valence-corrected chi connectivity index (χ0v) is 10.9. The van der Waals surface area contributed by atoms with E-state index in [4.69, 9.17) is 11.5 Å². The summed E-state index contributed by atoms with van der Waals surface area (Å²) in [5, 5.41) is 0. The van der Waals surface area contributed by atoms with Gasteiger partial charge in [-0.05, 0) is 37.2 Å². The van der Waals surface area contributed by atoms with Crippen LogP contribution in [-0.2, 0) is 4.79 Å². The largest absolute Gasteiger partial charge is 0.368 e. The van der Waals surface area contributed by atoms with Crippen molar-refractivity contribution in [2.24, 2.45) is 17.4 Å². The van der Waals surface area contributed by atoms with Crippen LogP contribution in [0.15, 0.2) is 0 Å². The van der Waals surface area contributed by atoms with Crippen LogP contribution in [0.3, 0.4) is 0 Å². The van der Waals surface area contributed by atoms with Crippen molar-refractivity contribution < 1.29 is 4.79 Å². The lowest BCUT2D eigenvalue weighted by atomic mass is 9.97. The van der Waals surface area contributed by atoms with E-state index < -0.39 is 11.4 Å². The average Bonchev–Trinajstić information content (AvgIpc) is 2.16. The minimum absolute atomic E-state index is 0.408. The van der Waals surface area contributed by atoms with E-state index in [0.717, 1.165) is 18.1 Å². The lowest BCUT2D eigenvalue weighted by Crippen LogP contribution is -2.49. The van der Waals surface area contributed by atoms with Crippen LogP contribution in [0.1, 0.15) is 40.0 Å². The van der Waals surface area contributed by atoms with Crippen LogP contribution in [0.4, 0.5) is 0 Å². The molecule has 90 valence electrons. The molecule has 1 amide bonds. The van der Waals surface area contributed by atoms with Crippen LogP contribution in [0, 0.1) is 5.92 Å². The minimum atomic E-state index is -0.836. The molecule has 0 radical (unpaired) electrons. The summed E-state index contributed by atoms with van der Waals surface area (Å²) in [5.74, 6) is 2.61. The van der Waals surface area contributed by atoms with Gasteiger partial charge >= 0.3 is 0 Å². The minimum Gasteiger partial charge on any atom is -0.368 e. The second kappa shape index (κ2) is 7.12. The van der Waals surface area contributed by atoms with Crippen molar-refractivity contribution in [2.75, 3.05) is 11.5 Å². The summed E-state index contributed by atoms with van der Waals surface area (Å²) in [4.78, 5) is 10.9. The maximum atomic E-state index is 10.9. The SMILES string of the molecule is CCC(C)CSCCCC(C)(N)C(N)=O. The van der Waals surface area contributed by atoms with Gasteiger partial charge in [0.1, 0.15) is 0 Å². The van der Waals surface area contributed by atoms with Crippen LogP contribution >= 0.6 is 11.8 Å². The van der Waals surface area contributed by atoms with Crippen molar-refractivity contribution in [1.29, 1.82) is 0 Å². The van der Waals surface area contributed by atoms with E-state index in [2.05, 4.69) is 13.8 Å². The molecule has 0 aromatic rings. The Balaban J connectivity index is 3.51. The lowest BCUT2D eigenvalue weighted by Gasteiger charge is -2.20. The first kappa shape index (κ1) is 14.8. The number of carbonyl (C=O) groups excluding carboxylic acids is 1. The van der Waals surface area contributed by atoms with Crippen LogP contribution in [0.25, 0.3) is 0 Å². The van der Waals surface area contributed by atoms with Crippen molar-refractivity contribution in [3.05, 3.63) is 0 Å². The highest BCUT2D eigenvalue weighted by molar-refractivity contribution is 7.99. The molecule has 0 spiro atoms. The number of hydrogen-bond acceptors (Lipinski definition) is 3. The van der Waals surface area contributed by atoms with E-state index in [1.807, 2.05) is 11.8 Å². The summed E-state index contributed by atoms with van der Waals surface area (Å²) < 4.78 is 0. The van der Waals surface area contributed by atoms with Gasteiger partial charge in [0.25, 0.3) is 0 Å². The van der Waals surface area contributed by atoms with Crippen LogP contribution in [0.2, 0.25) is 0 Å². The van der Waals surface area contributed by atoms with Crippen molar-refractivity contribution in [2.45, 2.75) is 45.6 Å². The van der Waals surface area contributed by atoms with E-state index in [0.29, 0.717) is 6.42 Å². The van der Waals surface area contributed by atoms with Crippen molar-refractivity contribution >= 4 is 17.7 Å².